The first kappa shape index (κ1) is 23.7. The van der Waals surface area contributed by atoms with E-state index in [0.29, 0.717) is 6.54 Å². The second-order valence-electron chi connectivity index (χ2n) is 7.00. The van der Waals surface area contributed by atoms with E-state index in [1.165, 1.54) is 32.6 Å². The topological polar surface area (TPSA) is 84.5 Å². The molecule has 0 unspecified atom stereocenters. The number of rotatable bonds is 14. The summed E-state index contributed by atoms with van der Waals surface area (Å²) in [7, 11) is 0. The average molecular weight is 391 g/mol. The van der Waals surface area contributed by atoms with Crippen molar-refractivity contribution >= 4 is 17.8 Å². The van der Waals surface area contributed by atoms with Crippen molar-refractivity contribution in [3.05, 3.63) is 35.9 Å². The van der Waals surface area contributed by atoms with Gasteiger partial charge in [0.05, 0.1) is 0 Å². The maximum atomic E-state index is 12.3. The molecule has 28 heavy (non-hydrogen) atoms. The van der Waals surface area contributed by atoms with Crippen LogP contribution in [0.5, 0.6) is 0 Å². The molecular weight excluding hydrogens is 356 g/mol. The summed E-state index contributed by atoms with van der Waals surface area (Å²) in [5, 5.41) is 5.47. The van der Waals surface area contributed by atoms with Gasteiger partial charge in [-0.1, -0.05) is 69.4 Å². The summed E-state index contributed by atoms with van der Waals surface area (Å²) in [5.74, 6) is -0.931. The fourth-order valence-corrected chi connectivity index (χ4v) is 2.83. The van der Waals surface area contributed by atoms with Gasteiger partial charge in [0.15, 0.2) is 0 Å². The minimum atomic E-state index is -0.720. The van der Waals surface area contributed by atoms with Crippen molar-refractivity contribution in [2.75, 3.05) is 6.54 Å². The molecule has 0 fully saturated rings. The van der Waals surface area contributed by atoms with E-state index in [1.807, 2.05) is 30.3 Å². The largest absolute Gasteiger partial charge is 0.461 e. The Bertz CT molecular complexity index is 589. The van der Waals surface area contributed by atoms with Crippen LogP contribution in [0, 0.1) is 0 Å². The quantitative estimate of drug-likeness (QED) is 0.376. The van der Waals surface area contributed by atoms with Gasteiger partial charge in [-0.3, -0.25) is 14.4 Å². The Labute approximate surface area is 168 Å². The Morgan fingerprint density at radius 1 is 1.00 bits per heavy atom. The molecule has 6 nitrogen and oxygen atoms in total. The predicted octanol–water partition coefficient (Wildman–Crippen LogP) is 3.49. The number of carbonyl (C=O) groups excluding carboxylic acids is 3. The van der Waals surface area contributed by atoms with Crippen LogP contribution >= 0.6 is 0 Å². The molecule has 0 saturated heterocycles. The number of nitrogens with one attached hydrogen (secondary N) is 2. The van der Waals surface area contributed by atoms with Gasteiger partial charge in [0.25, 0.3) is 0 Å². The van der Waals surface area contributed by atoms with Crippen LogP contribution < -0.4 is 10.6 Å². The Morgan fingerprint density at radius 3 is 2.36 bits per heavy atom. The second-order valence-corrected chi connectivity index (χ2v) is 7.00. The molecule has 0 heterocycles. The minimum absolute atomic E-state index is 0.0716. The molecule has 0 radical (unpaired) electrons. The van der Waals surface area contributed by atoms with E-state index in [0.717, 1.165) is 18.4 Å². The molecule has 0 bridgehead atoms. The average Bonchev–Trinajstić information content (AvgIpc) is 2.69. The van der Waals surface area contributed by atoms with Crippen molar-refractivity contribution in [3.63, 3.8) is 0 Å². The molecule has 156 valence electrons. The molecule has 0 saturated carbocycles. The Hall–Kier alpha value is -2.37. The molecule has 0 aromatic heterocycles. The van der Waals surface area contributed by atoms with E-state index in [1.54, 1.807) is 0 Å². The summed E-state index contributed by atoms with van der Waals surface area (Å²) in [6.07, 6.45) is 7.15. The summed E-state index contributed by atoms with van der Waals surface area (Å²) < 4.78 is 5.23. The van der Waals surface area contributed by atoms with E-state index >= 15 is 0 Å². The van der Waals surface area contributed by atoms with Crippen LogP contribution in [0.2, 0.25) is 0 Å². The highest BCUT2D eigenvalue weighted by Crippen LogP contribution is 2.06. The van der Waals surface area contributed by atoms with Gasteiger partial charge >= 0.3 is 5.97 Å². The number of benzene rings is 1. The van der Waals surface area contributed by atoms with Crippen LogP contribution in [0.4, 0.5) is 0 Å². The molecule has 2 N–H and O–H groups in total. The van der Waals surface area contributed by atoms with Crippen molar-refractivity contribution in [2.45, 2.75) is 77.9 Å². The van der Waals surface area contributed by atoms with Gasteiger partial charge < -0.3 is 15.4 Å². The van der Waals surface area contributed by atoms with Crippen LogP contribution in [0.25, 0.3) is 0 Å². The van der Waals surface area contributed by atoms with Crippen molar-refractivity contribution < 1.29 is 19.1 Å². The smallest absolute Gasteiger partial charge is 0.306 e. The molecule has 0 aliphatic rings. The third-order valence-electron chi connectivity index (χ3n) is 4.40. The second kappa shape index (κ2) is 14.7. The number of unbranched alkanes of at least 4 members (excludes halogenated alkanes) is 5. The zero-order chi connectivity index (χ0) is 20.6. The molecule has 2 amide bonds. The van der Waals surface area contributed by atoms with Gasteiger partial charge in [-0.15, -0.1) is 0 Å². The first-order chi connectivity index (χ1) is 13.5. The number of hydrogen-bond acceptors (Lipinski definition) is 4. The van der Waals surface area contributed by atoms with Crippen molar-refractivity contribution in [3.8, 4) is 0 Å². The Balaban J connectivity index is 2.31. The summed E-state index contributed by atoms with van der Waals surface area (Å²) in [6.45, 7) is 4.33. The van der Waals surface area contributed by atoms with Crippen LogP contribution in [0.1, 0.15) is 70.8 Å². The van der Waals surface area contributed by atoms with E-state index in [9.17, 15) is 14.4 Å². The van der Waals surface area contributed by atoms with Crippen LogP contribution in [-0.4, -0.2) is 30.4 Å². The normalized spacial score (nSPS) is 11.5. The standard InChI is InChI=1S/C22H34N2O4/c1-3-4-5-6-7-11-16-23-22(27)20(24-18(2)25)14-15-21(26)28-17-19-12-9-8-10-13-19/h8-10,12-13,20H,3-7,11,14-17H2,1-2H3,(H,23,27)(H,24,25)/t20-/m0/s1. The van der Waals surface area contributed by atoms with Gasteiger partial charge in [0.2, 0.25) is 11.8 Å². The summed E-state index contributed by atoms with van der Waals surface area (Å²) >= 11 is 0. The zero-order valence-corrected chi connectivity index (χ0v) is 17.2. The highest BCUT2D eigenvalue weighted by molar-refractivity contribution is 5.87. The van der Waals surface area contributed by atoms with E-state index in [4.69, 9.17) is 4.74 Å². The molecular formula is C22H34N2O4. The number of carbonyl (C=O) groups is 3. The molecule has 6 heteroatoms. The molecule has 0 spiro atoms. The number of amides is 2. The Kier molecular flexibility index (Phi) is 12.4. The lowest BCUT2D eigenvalue weighted by molar-refractivity contribution is -0.145. The minimum Gasteiger partial charge on any atom is -0.461 e. The third-order valence-corrected chi connectivity index (χ3v) is 4.40. The predicted molar refractivity (Wildman–Crippen MR) is 109 cm³/mol. The maximum Gasteiger partial charge on any atom is 0.306 e. The number of esters is 1. The first-order valence-corrected chi connectivity index (χ1v) is 10.3. The van der Waals surface area contributed by atoms with Gasteiger partial charge in [0.1, 0.15) is 12.6 Å². The van der Waals surface area contributed by atoms with E-state index in [2.05, 4.69) is 17.6 Å². The van der Waals surface area contributed by atoms with Gasteiger partial charge in [-0.05, 0) is 18.4 Å². The molecule has 0 aliphatic heterocycles. The third kappa shape index (κ3) is 11.4. The van der Waals surface area contributed by atoms with E-state index in [-0.39, 0.29) is 37.2 Å². The lowest BCUT2D eigenvalue weighted by atomic mass is 10.1. The van der Waals surface area contributed by atoms with Crippen molar-refractivity contribution in [2.24, 2.45) is 0 Å². The maximum absolute atomic E-state index is 12.3. The lowest BCUT2D eigenvalue weighted by Gasteiger charge is -2.17. The lowest BCUT2D eigenvalue weighted by Crippen LogP contribution is -2.46. The fourth-order valence-electron chi connectivity index (χ4n) is 2.83. The summed E-state index contributed by atoms with van der Waals surface area (Å²) in [6, 6.07) is 8.69. The monoisotopic (exact) mass is 390 g/mol. The molecule has 1 atom stereocenters. The molecule has 1 aromatic carbocycles. The highest BCUT2D eigenvalue weighted by atomic mass is 16.5. The fraction of sp³-hybridized carbons (Fsp3) is 0.591. The SMILES string of the molecule is CCCCCCCCNC(=O)[C@H](CCC(=O)OCc1ccccc1)NC(C)=O. The van der Waals surface area contributed by atoms with E-state index < -0.39 is 6.04 Å². The number of hydrogen-bond donors (Lipinski definition) is 2. The Morgan fingerprint density at radius 2 is 1.68 bits per heavy atom. The highest BCUT2D eigenvalue weighted by Gasteiger charge is 2.20. The number of ether oxygens (including phenoxy) is 1. The molecule has 0 aliphatic carbocycles. The van der Waals surface area contributed by atoms with Crippen molar-refractivity contribution in [1.29, 1.82) is 0 Å². The molecule has 1 aromatic rings. The van der Waals surface area contributed by atoms with Gasteiger partial charge in [-0.25, -0.2) is 0 Å². The van der Waals surface area contributed by atoms with Gasteiger partial charge in [-0.2, -0.15) is 0 Å². The first-order valence-electron chi connectivity index (χ1n) is 10.3. The van der Waals surface area contributed by atoms with Crippen LogP contribution in [0.15, 0.2) is 30.3 Å². The van der Waals surface area contributed by atoms with Crippen LogP contribution in [-0.2, 0) is 25.7 Å². The van der Waals surface area contributed by atoms with Gasteiger partial charge in [0, 0.05) is 19.9 Å². The van der Waals surface area contributed by atoms with Crippen molar-refractivity contribution in [1.82, 2.24) is 10.6 Å². The van der Waals surface area contributed by atoms with Crippen LogP contribution in [0.3, 0.4) is 0 Å². The summed E-state index contributed by atoms with van der Waals surface area (Å²) in [4.78, 5) is 35.7. The zero-order valence-electron chi connectivity index (χ0n) is 17.2. The molecule has 1 rings (SSSR count). The summed E-state index contributed by atoms with van der Waals surface area (Å²) in [5.41, 5.74) is 0.908.